The number of nitrogens with one attached hydrogen (secondary N) is 1. The van der Waals surface area contributed by atoms with Crippen molar-refractivity contribution in [3.05, 3.63) is 59.3 Å². The molecule has 49 heavy (non-hydrogen) atoms. The molecule has 1 aliphatic carbocycles. The first-order chi connectivity index (χ1) is 23.3. The highest BCUT2D eigenvalue weighted by molar-refractivity contribution is 6.34. The summed E-state index contributed by atoms with van der Waals surface area (Å²) in [5.74, 6) is -0.0850. The first-order valence-corrected chi connectivity index (χ1v) is 15.4. The van der Waals surface area contributed by atoms with Crippen LogP contribution in [0.25, 0.3) is 16.9 Å². The Balaban J connectivity index is 0.00000151. The van der Waals surface area contributed by atoms with Gasteiger partial charge < -0.3 is 26.0 Å². The van der Waals surface area contributed by atoms with E-state index in [2.05, 4.69) is 20.4 Å². The van der Waals surface area contributed by atoms with E-state index in [1.54, 1.807) is 21.9 Å². The van der Waals surface area contributed by atoms with Crippen LogP contribution in [0.15, 0.2) is 43.0 Å². The predicted octanol–water partition coefficient (Wildman–Crippen LogP) is 4.39. The van der Waals surface area contributed by atoms with Gasteiger partial charge in [0.25, 0.3) is 18.8 Å². The van der Waals surface area contributed by atoms with Crippen LogP contribution in [-0.2, 0) is 22.3 Å². The Morgan fingerprint density at radius 3 is 2.43 bits per heavy atom. The molecule has 4 N–H and O–H groups in total. The van der Waals surface area contributed by atoms with Gasteiger partial charge in [-0.15, -0.1) is 0 Å². The number of nitrogens with two attached hydrogens (primary N) is 1. The quantitative estimate of drug-likeness (QED) is 0.186. The van der Waals surface area contributed by atoms with Crippen molar-refractivity contribution in [2.75, 3.05) is 31.5 Å². The van der Waals surface area contributed by atoms with E-state index < -0.39 is 30.4 Å². The number of hydrogen-bond donors (Lipinski definition) is 3. The van der Waals surface area contributed by atoms with Crippen LogP contribution >= 0.6 is 11.6 Å². The maximum atomic E-state index is 13.7. The second-order valence-electron chi connectivity index (χ2n) is 11.4. The number of rotatable bonds is 7. The molecule has 2 amide bonds. The summed E-state index contributed by atoms with van der Waals surface area (Å²) < 4.78 is 68.9. The molecule has 0 bridgehead atoms. The van der Waals surface area contributed by atoms with Crippen LogP contribution < -0.4 is 11.1 Å². The fourth-order valence-corrected chi connectivity index (χ4v) is 6.22. The molecule has 262 valence electrons. The van der Waals surface area contributed by atoms with Crippen molar-refractivity contribution in [3.63, 3.8) is 0 Å². The van der Waals surface area contributed by atoms with Crippen LogP contribution in [0.5, 0.6) is 0 Å². The van der Waals surface area contributed by atoms with Gasteiger partial charge in [-0.05, 0) is 37.5 Å². The van der Waals surface area contributed by atoms with Crippen LogP contribution in [0, 0.1) is 5.92 Å². The van der Waals surface area contributed by atoms with E-state index in [0.29, 0.717) is 43.0 Å². The highest BCUT2D eigenvalue weighted by Crippen LogP contribution is 2.37. The fraction of sp³-hybridized carbons (Fsp3) is 0.400. The predicted molar refractivity (Wildman–Crippen MR) is 166 cm³/mol. The summed E-state index contributed by atoms with van der Waals surface area (Å²) >= 11 is 6.52. The number of imidazole rings is 1. The highest BCUT2D eigenvalue weighted by Gasteiger charge is 2.39. The number of amides is 2. The molecule has 1 aliphatic heterocycles. The van der Waals surface area contributed by atoms with Crippen molar-refractivity contribution in [1.29, 1.82) is 0 Å². The molecule has 1 saturated heterocycles. The lowest BCUT2D eigenvalue weighted by molar-refractivity contribution is -0.141. The lowest BCUT2D eigenvalue weighted by atomic mass is 10.1. The monoisotopic (exact) mass is 711 g/mol. The zero-order valence-electron chi connectivity index (χ0n) is 25.7. The molecule has 2 aliphatic rings. The summed E-state index contributed by atoms with van der Waals surface area (Å²) in [6.07, 6.45) is -0.674. The van der Waals surface area contributed by atoms with Crippen molar-refractivity contribution in [2.45, 2.75) is 44.5 Å². The Labute approximate surface area is 280 Å². The SMILES string of the molecule is N[C@H]1CC[C@H](C(=O)N2CCN(C(=O)c3ccc(Nc4nccn5c(-c6cn(CC(F)F)nc6C(F)(F)F)cnc45)cc3Cl)CC2)C1.O=CO. The van der Waals surface area contributed by atoms with E-state index in [1.165, 1.54) is 29.1 Å². The second kappa shape index (κ2) is 14.7. The molecular weight excluding hydrogens is 681 g/mol. The standard InChI is InChI=1S/C29H29ClF5N9O2.CH2O2/c30-21-12-18(3-4-19(21)28(46)42-9-7-41(8-10-42)27(45)16-1-2-17(36)11-16)39-25-26-38-13-22(44(26)6-5-37-25)20-14-43(15-23(31)32)40-24(20)29(33,34)35;2-1-3/h3-6,12-14,16-17,23H,1-2,7-11,15,36H2,(H,37,39);1H,(H,2,3)/t16-,17-;/m0./s1. The summed E-state index contributed by atoms with van der Waals surface area (Å²) in [6.45, 7) is 0.329. The number of carbonyl (C=O) groups is 3. The highest BCUT2D eigenvalue weighted by atomic mass is 35.5. The Morgan fingerprint density at radius 1 is 1.12 bits per heavy atom. The number of fused-ring (bicyclic) bond motifs is 1. The molecule has 4 heterocycles. The lowest BCUT2D eigenvalue weighted by Gasteiger charge is -2.36. The second-order valence-corrected chi connectivity index (χ2v) is 11.8. The lowest BCUT2D eigenvalue weighted by Crippen LogP contribution is -2.51. The number of benzene rings is 1. The molecule has 2 atom stereocenters. The van der Waals surface area contributed by atoms with Gasteiger partial charge in [0.05, 0.1) is 28.0 Å². The molecule has 1 saturated carbocycles. The minimum atomic E-state index is -4.90. The Kier molecular flexibility index (Phi) is 10.7. The normalized spacial score (nSPS) is 18.0. The summed E-state index contributed by atoms with van der Waals surface area (Å²) in [7, 11) is 0. The van der Waals surface area contributed by atoms with E-state index >= 15 is 0 Å². The number of carbonyl (C=O) groups excluding carboxylic acids is 2. The van der Waals surface area contributed by atoms with Gasteiger partial charge in [0.1, 0.15) is 6.54 Å². The topological polar surface area (TPSA) is 164 Å². The molecule has 19 heteroatoms. The number of aromatic nitrogens is 5. The molecule has 4 aromatic rings. The van der Waals surface area contributed by atoms with Crippen LogP contribution in [-0.4, -0.2) is 96.0 Å². The number of carboxylic acid groups (broad SMARTS) is 1. The van der Waals surface area contributed by atoms with E-state index in [-0.39, 0.29) is 58.0 Å². The van der Waals surface area contributed by atoms with Crippen molar-refractivity contribution >= 4 is 47.0 Å². The largest absolute Gasteiger partial charge is 0.483 e. The number of alkyl halides is 5. The minimum absolute atomic E-state index is 0.0270. The Morgan fingerprint density at radius 2 is 1.82 bits per heavy atom. The molecule has 0 radical (unpaired) electrons. The van der Waals surface area contributed by atoms with Crippen molar-refractivity contribution in [2.24, 2.45) is 11.7 Å². The first kappa shape index (κ1) is 35.5. The average molecular weight is 712 g/mol. The van der Waals surface area contributed by atoms with Crippen molar-refractivity contribution < 1.29 is 41.4 Å². The number of piperazine rings is 1. The van der Waals surface area contributed by atoms with Gasteiger partial charge in [-0.25, -0.2) is 18.7 Å². The third kappa shape index (κ3) is 7.91. The number of halogens is 6. The van der Waals surface area contributed by atoms with Gasteiger partial charge >= 0.3 is 6.18 Å². The van der Waals surface area contributed by atoms with Gasteiger partial charge in [-0.2, -0.15) is 18.3 Å². The van der Waals surface area contributed by atoms with Crippen LogP contribution in [0.2, 0.25) is 5.02 Å². The smallest absolute Gasteiger partial charge is 0.435 e. The van der Waals surface area contributed by atoms with Gasteiger partial charge in [0.15, 0.2) is 17.2 Å². The molecule has 1 aromatic carbocycles. The minimum Gasteiger partial charge on any atom is -0.483 e. The molecule has 6 rings (SSSR count). The van der Waals surface area contributed by atoms with E-state index in [1.807, 2.05) is 0 Å². The first-order valence-electron chi connectivity index (χ1n) is 15.0. The molecule has 0 spiro atoms. The summed E-state index contributed by atoms with van der Waals surface area (Å²) in [5.41, 5.74) is 5.04. The zero-order chi connectivity index (χ0) is 35.5. The average Bonchev–Trinajstić information content (AvgIpc) is 3.79. The third-order valence-corrected chi connectivity index (χ3v) is 8.54. The van der Waals surface area contributed by atoms with E-state index in [0.717, 1.165) is 19.0 Å². The van der Waals surface area contributed by atoms with Gasteiger partial charge in [0.2, 0.25) is 5.91 Å². The summed E-state index contributed by atoms with van der Waals surface area (Å²) in [4.78, 5) is 46.4. The number of nitrogens with zero attached hydrogens (tertiary/aromatic N) is 7. The van der Waals surface area contributed by atoms with Gasteiger partial charge in [0, 0.05) is 62.4 Å². The molecule has 2 fully saturated rings. The maximum absolute atomic E-state index is 13.7. The van der Waals surface area contributed by atoms with Crippen molar-refractivity contribution in [1.82, 2.24) is 33.9 Å². The van der Waals surface area contributed by atoms with Crippen LogP contribution in [0.4, 0.5) is 33.5 Å². The summed E-state index contributed by atoms with van der Waals surface area (Å²) in [5, 5.41) is 13.4. The molecule has 3 aromatic heterocycles. The molecule has 0 unspecified atom stereocenters. The number of anilines is 2. The van der Waals surface area contributed by atoms with Gasteiger partial charge in [-0.3, -0.25) is 23.5 Å². The fourth-order valence-electron chi connectivity index (χ4n) is 5.96. The zero-order valence-corrected chi connectivity index (χ0v) is 26.4. The van der Waals surface area contributed by atoms with Crippen LogP contribution in [0.3, 0.4) is 0 Å². The van der Waals surface area contributed by atoms with Crippen LogP contribution in [0.1, 0.15) is 35.3 Å². The van der Waals surface area contributed by atoms with E-state index in [4.69, 9.17) is 27.2 Å². The summed E-state index contributed by atoms with van der Waals surface area (Å²) in [6, 6.07) is 4.73. The molecule has 13 nitrogen and oxygen atoms in total. The van der Waals surface area contributed by atoms with E-state index in [9.17, 15) is 31.5 Å². The van der Waals surface area contributed by atoms with Gasteiger partial charge in [-0.1, -0.05) is 11.6 Å². The third-order valence-electron chi connectivity index (χ3n) is 8.22. The number of hydrogen-bond acceptors (Lipinski definition) is 8. The Bertz CT molecular complexity index is 1820. The Hall–Kier alpha value is -4.84. The molecular formula is C30H31ClF5N9O4. The maximum Gasteiger partial charge on any atom is 0.435 e. The van der Waals surface area contributed by atoms with Crippen molar-refractivity contribution in [3.8, 4) is 11.3 Å².